The van der Waals surface area contributed by atoms with Gasteiger partial charge >= 0.3 is 0 Å². The van der Waals surface area contributed by atoms with Crippen LogP contribution in [-0.4, -0.2) is 49.0 Å². The molecule has 1 aliphatic heterocycles. The number of carbonyl (C=O) groups is 1. The van der Waals surface area contributed by atoms with Crippen LogP contribution in [0, 0.1) is 0 Å². The molecule has 5 nitrogen and oxygen atoms in total. The van der Waals surface area contributed by atoms with Gasteiger partial charge in [-0.2, -0.15) is 0 Å². The molecule has 154 valence electrons. The van der Waals surface area contributed by atoms with E-state index in [4.69, 9.17) is 0 Å². The molecule has 0 atom stereocenters. The van der Waals surface area contributed by atoms with Crippen molar-refractivity contribution in [1.29, 1.82) is 0 Å². The van der Waals surface area contributed by atoms with Crippen molar-refractivity contribution in [3.63, 3.8) is 0 Å². The minimum absolute atomic E-state index is 0.0000571. The molecule has 1 amide bonds. The molecule has 6 heteroatoms. The predicted octanol–water partition coefficient (Wildman–Crippen LogP) is 3.59. The molecule has 1 aliphatic carbocycles. The van der Waals surface area contributed by atoms with E-state index in [2.05, 4.69) is 63.5 Å². The summed E-state index contributed by atoms with van der Waals surface area (Å²) in [7, 11) is 2.15. The number of carbonyl (C=O) groups excluding carboxylic acids is 1. The highest BCUT2D eigenvalue weighted by molar-refractivity contribution is 7.17. The average molecular weight is 419 g/mol. The quantitative estimate of drug-likeness (QED) is 0.704. The SMILES string of the molecule is CN1CCN(c2ncccc2CNC(=O)c2cc3c(s2)-c2ccccc2CC3)CC1. The van der Waals surface area contributed by atoms with Gasteiger partial charge in [-0.05, 0) is 48.7 Å². The number of hydrogen-bond acceptors (Lipinski definition) is 5. The predicted molar refractivity (Wildman–Crippen MR) is 122 cm³/mol. The molecule has 0 bridgehead atoms. The summed E-state index contributed by atoms with van der Waals surface area (Å²) in [4.78, 5) is 24.2. The lowest BCUT2D eigenvalue weighted by atomic mass is 9.91. The standard InChI is InChI=1S/C24H26N4OS/c1-27-11-13-28(14-12-27)23-19(6-4-10-25-23)16-26-24(29)21-15-18-9-8-17-5-2-3-7-20(17)22(18)30-21/h2-7,10,15H,8-9,11-14,16H2,1H3,(H,26,29). The van der Waals surface area contributed by atoms with Crippen LogP contribution in [-0.2, 0) is 19.4 Å². The van der Waals surface area contributed by atoms with Gasteiger partial charge in [0.2, 0.25) is 0 Å². The Morgan fingerprint density at radius 3 is 2.73 bits per heavy atom. The first-order chi connectivity index (χ1) is 14.7. The zero-order valence-corrected chi connectivity index (χ0v) is 18.0. The van der Waals surface area contributed by atoms with E-state index < -0.39 is 0 Å². The maximum Gasteiger partial charge on any atom is 0.261 e. The van der Waals surface area contributed by atoms with E-state index in [-0.39, 0.29) is 5.91 Å². The fraction of sp³-hybridized carbons (Fsp3) is 0.333. The number of hydrogen-bond donors (Lipinski definition) is 1. The van der Waals surface area contributed by atoms with Crippen molar-refractivity contribution >= 4 is 23.1 Å². The van der Waals surface area contributed by atoms with Crippen LogP contribution in [0.2, 0.25) is 0 Å². The summed E-state index contributed by atoms with van der Waals surface area (Å²) < 4.78 is 0. The molecule has 5 rings (SSSR count). The number of amides is 1. The third-order valence-electron chi connectivity index (χ3n) is 6.07. The van der Waals surface area contributed by atoms with Gasteiger partial charge in [0.1, 0.15) is 5.82 Å². The van der Waals surface area contributed by atoms with Gasteiger partial charge in [-0.15, -0.1) is 11.3 Å². The number of thiophene rings is 1. The van der Waals surface area contributed by atoms with Gasteiger partial charge in [0, 0.05) is 49.4 Å². The molecule has 1 saturated heterocycles. The molecule has 2 aliphatic rings. The smallest absolute Gasteiger partial charge is 0.261 e. The summed E-state index contributed by atoms with van der Waals surface area (Å²) in [6.45, 7) is 4.49. The lowest BCUT2D eigenvalue weighted by Gasteiger charge is -2.34. The molecule has 3 heterocycles. The normalized spacial score (nSPS) is 16.1. The molecule has 2 aromatic heterocycles. The topological polar surface area (TPSA) is 48.5 Å². The van der Waals surface area contributed by atoms with Gasteiger partial charge < -0.3 is 15.1 Å². The van der Waals surface area contributed by atoms with Crippen molar-refractivity contribution in [2.24, 2.45) is 0 Å². The maximum absolute atomic E-state index is 12.9. The van der Waals surface area contributed by atoms with Crippen LogP contribution in [0.15, 0.2) is 48.7 Å². The van der Waals surface area contributed by atoms with Gasteiger partial charge in [-0.25, -0.2) is 4.98 Å². The molecule has 0 spiro atoms. The molecular weight excluding hydrogens is 392 g/mol. The number of piperazine rings is 1. The zero-order valence-electron chi connectivity index (χ0n) is 17.2. The highest BCUT2D eigenvalue weighted by atomic mass is 32.1. The number of fused-ring (bicyclic) bond motifs is 3. The molecule has 1 aromatic carbocycles. The molecule has 0 saturated carbocycles. The van der Waals surface area contributed by atoms with E-state index in [1.807, 2.05) is 12.3 Å². The number of aryl methyl sites for hydroxylation is 2. The number of aromatic nitrogens is 1. The number of anilines is 1. The van der Waals surface area contributed by atoms with E-state index in [0.717, 1.165) is 55.3 Å². The molecule has 30 heavy (non-hydrogen) atoms. The molecular formula is C24H26N4OS. The number of nitrogens with one attached hydrogen (secondary N) is 1. The monoisotopic (exact) mass is 418 g/mol. The Kier molecular flexibility index (Phi) is 5.27. The Bertz CT molecular complexity index is 1070. The summed E-state index contributed by atoms with van der Waals surface area (Å²) in [5.41, 5.74) is 5.03. The third-order valence-corrected chi connectivity index (χ3v) is 7.28. The van der Waals surface area contributed by atoms with Crippen LogP contribution in [0.5, 0.6) is 0 Å². The van der Waals surface area contributed by atoms with E-state index in [1.165, 1.54) is 21.6 Å². The third kappa shape index (κ3) is 3.73. The van der Waals surface area contributed by atoms with Gasteiger partial charge in [0.25, 0.3) is 5.91 Å². The minimum atomic E-state index is 0.0000571. The molecule has 3 aromatic rings. The molecule has 1 N–H and O–H groups in total. The van der Waals surface area contributed by atoms with Crippen molar-refractivity contribution in [3.05, 3.63) is 70.2 Å². The lowest BCUT2D eigenvalue weighted by Crippen LogP contribution is -2.45. The second-order valence-electron chi connectivity index (χ2n) is 8.08. The molecule has 0 unspecified atom stereocenters. The number of rotatable bonds is 4. The Hall–Kier alpha value is -2.70. The largest absolute Gasteiger partial charge is 0.354 e. The van der Waals surface area contributed by atoms with Crippen molar-refractivity contribution in [1.82, 2.24) is 15.2 Å². The van der Waals surface area contributed by atoms with Gasteiger partial charge in [-0.3, -0.25) is 4.79 Å². The zero-order chi connectivity index (χ0) is 20.5. The Morgan fingerprint density at radius 1 is 1.07 bits per heavy atom. The number of likely N-dealkylation sites (N-methyl/N-ethyl adjacent to an activating group) is 1. The van der Waals surface area contributed by atoms with Gasteiger partial charge in [0.15, 0.2) is 0 Å². The first-order valence-electron chi connectivity index (χ1n) is 10.6. The van der Waals surface area contributed by atoms with Crippen molar-refractivity contribution < 1.29 is 4.79 Å². The van der Waals surface area contributed by atoms with Crippen molar-refractivity contribution in [2.75, 3.05) is 38.1 Å². The van der Waals surface area contributed by atoms with E-state index in [9.17, 15) is 4.79 Å². The first-order valence-corrected chi connectivity index (χ1v) is 11.4. The second kappa shape index (κ2) is 8.20. The van der Waals surface area contributed by atoms with Crippen LogP contribution < -0.4 is 10.2 Å². The summed E-state index contributed by atoms with van der Waals surface area (Å²) in [6.07, 6.45) is 3.89. The molecule has 1 fully saturated rings. The summed E-state index contributed by atoms with van der Waals surface area (Å²) >= 11 is 1.61. The summed E-state index contributed by atoms with van der Waals surface area (Å²) in [5, 5.41) is 3.13. The van der Waals surface area contributed by atoms with Gasteiger partial charge in [0.05, 0.1) is 4.88 Å². The maximum atomic E-state index is 12.9. The Morgan fingerprint density at radius 2 is 1.87 bits per heavy atom. The van der Waals surface area contributed by atoms with Crippen LogP contribution in [0.4, 0.5) is 5.82 Å². The van der Waals surface area contributed by atoms with E-state index in [1.54, 1.807) is 11.3 Å². The fourth-order valence-corrected chi connectivity index (χ4v) is 5.50. The van der Waals surface area contributed by atoms with Crippen molar-refractivity contribution in [3.8, 4) is 10.4 Å². The summed E-state index contributed by atoms with van der Waals surface area (Å²) in [5.74, 6) is 0.991. The average Bonchev–Trinajstić information content (AvgIpc) is 3.23. The lowest BCUT2D eigenvalue weighted by molar-refractivity contribution is 0.0955. The number of pyridine rings is 1. The Balaban J connectivity index is 1.31. The highest BCUT2D eigenvalue weighted by Gasteiger charge is 2.22. The molecule has 0 radical (unpaired) electrons. The van der Waals surface area contributed by atoms with E-state index >= 15 is 0 Å². The van der Waals surface area contributed by atoms with Gasteiger partial charge in [-0.1, -0.05) is 30.3 Å². The Labute approximate surface area is 181 Å². The minimum Gasteiger partial charge on any atom is -0.354 e. The van der Waals surface area contributed by atoms with Crippen LogP contribution in [0.3, 0.4) is 0 Å². The van der Waals surface area contributed by atoms with Crippen molar-refractivity contribution in [2.45, 2.75) is 19.4 Å². The fourth-order valence-electron chi connectivity index (χ4n) is 4.32. The van der Waals surface area contributed by atoms with Crippen LogP contribution in [0.25, 0.3) is 10.4 Å². The van der Waals surface area contributed by atoms with E-state index in [0.29, 0.717) is 6.54 Å². The van der Waals surface area contributed by atoms with Crippen LogP contribution in [0.1, 0.15) is 26.4 Å². The van der Waals surface area contributed by atoms with Crippen LogP contribution >= 0.6 is 11.3 Å². The second-order valence-corrected chi connectivity index (χ2v) is 9.13. The number of benzene rings is 1. The summed E-state index contributed by atoms with van der Waals surface area (Å²) in [6, 6.07) is 14.6. The number of nitrogens with zero attached hydrogens (tertiary/aromatic N) is 3. The first kappa shape index (κ1) is 19.3. The highest BCUT2D eigenvalue weighted by Crippen LogP contribution is 2.39.